The normalized spacial score (nSPS) is 64.4. The molecule has 0 aromatic heterocycles. The van der Waals surface area contributed by atoms with Crippen LogP contribution in [0.15, 0.2) is 0 Å². The largest absolute Gasteiger partial charge is 0.392 e. The molecule has 4 saturated carbocycles. The second-order valence-electron chi connectivity index (χ2n) is 4.66. The van der Waals surface area contributed by atoms with Gasteiger partial charge in [-0.05, 0) is 38.3 Å². The Morgan fingerprint density at radius 3 is 2.09 bits per heavy atom. The van der Waals surface area contributed by atoms with Crippen molar-refractivity contribution in [3.8, 4) is 0 Å². The van der Waals surface area contributed by atoms with Gasteiger partial charge in [-0.2, -0.15) is 0 Å². The highest BCUT2D eigenvalue weighted by atomic mass is 16.3. The topological polar surface area (TPSA) is 23.5 Å². The van der Waals surface area contributed by atoms with E-state index in [0.29, 0.717) is 17.9 Å². The van der Waals surface area contributed by atoms with Crippen molar-refractivity contribution >= 4 is 0 Å². The standard InChI is InChI=1S/C9H15NO/c1-10(2)8-5-3-4-6(8)7(4)9(5)11/h4-9,11H,3H2,1-2H3/t4-,5-,6?,7?,8+,9-/m0/s1. The molecule has 2 unspecified atom stereocenters. The Morgan fingerprint density at radius 2 is 1.91 bits per heavy atom. The van der Waals surface area contributed by atoms with Crippen LogP contribution in [-0.4, -0.2) is 36.2 Å². The Morgan fingerprint density at radius 1 is 1.18 bits per heavy atom. The first kappa shape index (κ1) is 6.44. The first-order valence-corrected chi connectivity index (χ1v) is 4.56. The third-order valence-corrected chi connectivity index (χ3v) is 4.10. The molecule has 6 atom stereocenters. The molecule has 1 N–H and O–H groups in total. The lowest BCUT2D eigenvalue weighted by molar-refractivity contribution is 0.109. The Balaban J connectivity index is 1.92. The minimum absolute atomic E-state index is 0.0531. The average Bonchev–Trinajstić information content (AvgIpc) is 2.33. The predicted octanol–water partition coefficient (Wildman–Crippen LogP) is 0.173. The molecule has 0 aromatic carbocycles. The first-order valence-electron chi connectivity index (χ1n) is 4.56. The minimum Gasteiger partial charge on any atom is -0.392 e. The third kappa shape index (κ3) is 0.541. The maximum absolute atomic E-state index is 9.74. The maximum atomic E-state index is 9.74. The highest BCUT2D eigenvalue weighted by Crippen LogP contribution is 2.71. The molecule has 62 valence electrons. The predicted molar refractivity (Wildman–Crippen MR) is 42.1 cm³/mol. The third-order valence-electron chi connectivity index (χ3n) is 4.10. The van der Waals surface area contributed by atoms with Gasteiger partial charge in [-0.3, -0.25) is 0 Å². The Bertz CT molecular complexity index is 204. The van der Waals surface area contributed by atoms with Crippen LogP contribution >= 0.6 is 0 Å². The molecule has 0 aromatic rings. The number of aliphatic hydroxyl groups is 1. The van der Waals surface area contributed by atoms with Crippen molar-refractivity contribution in [3.63, 3.8) is 0 Å². The van der Waals surface area contributed by atoms with Gasteiger partial charge in [0, 0.05) is 12.0 Å². The van der Waals surface area contributed by atoms with E-state index in [-0.39, 0.29) is 6.10 Å². The maximum Gasteiger partial charge on any atom is 0.0617 e. The quantitative estimate of drug-likeness (QED) is 0.580. The van der Waals surface area contributed by atoms with Gasteiger partial charge in [0.05, 0.1) is 6.10 Å². The van der Waals surface area contributed by atoms with Gasteiger partial charge in [-0.25, -0.2) is 0 Å². The average molecular weight is 153 g/mol. The Kier molecular flexibility index (Phi) is 0.961. The zero-order chi connectivity index (χ0) is 7.75. The summed E-state index contributed by atoms with van der Waals surface area (Å²) in [5.41, 5.74) is 0. The van der Waals surface area contributed by atoms with E-state index in [9.17, 15) is 5.11 Å². The zero-order valence-electron chi connectivity index (χ0n) is 7.07. The molecule has 4 aliphatic rings. The SMILES string of the molecule is CN(C)[C@H]1C2C3[C@H]2C[C@@H]1[C@@H]3O. The van der Waals surface area contributed by atoms with E-state index < -0.39 is 0 Å². The summed E-state index contributed by atoms with van der Waals surface area (Å²) in [5, 5.41) is 9.74. The number of hydrogen-bond acceptors (Lipinski definition) is 2. The lowest BCUT2D eigenvalue weighted by atomic mass is 10.0. The summed E-state index contributed by atoms with van der Waals surface area (Å²) in [5.74, 6) is 3.09. The summed E-state index contributed by atoms with van der Waals surface area (Å²) in [7, 11) is 4.29. The van der Waals surface area contributed by atoms with E-state index in [1.807, 2.05) is 0 Å². The molecule has 11 heavy (non-hydrogen) atoms. The summed E-state index contributed by atoms with van der Waals surface area (Å²) in [6.45, 7) is 0. The molecule has 0 amide bonds. The second-order valence-corrected chi connectivity index (χ2v) is 4.66. The van der Waals surface area contributed by atoms with Gasteiger partial charge in [0.1, 0.15) is 0 Å². The number of nitrogens with zero attached hydrogens (tertiary/aromatic N) is 1. The zero-order valence-corrected chi connectivity index (χ0v) is 7.07. The van der Waals surface area contributed by atoms with E-state index in [1.54, 1.807) is 0 Å². The molecule has 4 bridgehead atoms. The van der Waals surface area contributed by atoms with Crippen molar-refractivity contribution < 1.29 is 5.11 Å². The molecule has 4 rings (SSSR count). The van der Waals surface area contributed by atoms with Gasteiger partial charge in [-0.15, -0.1) is 0 Å². The lowest BCUT2D eigenvalue weighted by Gasteiger charge is -2.23. The molecule has 0 spiro atoms. The van der Waals surface area contributed by atoms with Crippen LogP contribution in [0.2, 0.25) is 0 Å². The molecule has 2 heteroatoms. The Hall–Kier alpha value is -0.0800. The van der Waals surface area contributed by atoms with Gasteiger partial charge in [-0.1, -0.05) is 0 Å². The molecular formula is C9H15NO. The van der Waals surface area contributed by atoms with Crippen LogP contribution in [0, 0.1) is 23.7 Å². The fourth-order valence-corrected chi connectivity index (χ4v) is 3.80. The summed E-state index contributed by atoms with van der Waals surface area (Å²) in [6, 6.07) is 0.708. The highest BCUT2D eigenvalue weighted by Gasteiger charge is 2.73. The van der Waals surface area contributed by atoms with E-state index in [2.05, 4.69) is 19.0 Å². The van der Waals surface area contributed by atoms with Crippen LogP contribution in [-0.2, 0) is 0 Å². The van der Waals surface area contributed by atoms with Gasteiger partial charge < -0.3 is 10.0 Å². The van der Waals surface area contributed by atoms with Gasteiger partial charge in [0.25, 0.3) is 0 Å². The van der Waals surface area contributed by atoms with Crippen LogP contribution in [0.4, 0.5) is 0 Å². The van der Waals surface area contributed by atoms with Crippen molar-refractivity contribution in [3.05, 3.63) is 0 Å². The van der Waals surface area contributed by atoms with Gasteiger partial charge in [0.2, 0.25) is 0 Å². The molecule has 0 saturated heterocycles. The molecule has 2 nitrogen and oxygen atoms in total. The summed E-state index contributed by atoms with van der Waals surface area (Å²) in [4.78, 5) is 2.31. The van der Waals surface area contributed by atoms with Crippen LogP contribution in [0.25, 0.3) is 0 Å². The smallest absolute Gasteiger partial charge is 0.0617 e. The summed E-state index contributed by atoms with van der Waals surface area (Å²) in [6.07, 6.45) is 1.36. The number of aliphatic hydroxyl groups excluding tert-OH is 1. The first-order chi connectivity index (χ1) is 5.22. The molecule has 0 radical (unpaired) electrons. The van der Waals surface area contributed by atoms with Crippen molar-refractivity contribution in [2.24, 2.45) is 23.7 Å². The number of hydrogen-bond donors (Lipinski definition) is 1. The van der Waals surface area contributed by atoms with Crippen molar-refractivity contribution in [1.82, 2.24) is 4.90 Å². The molecule has 4 fully saturated rings. The number of rotatable bonds is 1. The van der Waals surface area contributed by atoms with E-state index in [4.69, 9.17) is 0 Å². The molecule has 0 heterocycles. The van der Waals surface area contributed by atoms with E-state index in [1.165, 1.54) is 6.42 Å². The summed E-state index contributed by atoms with van der Waals surface area (Å²) >= 11 is 0. The van der Waals surface area contributed by atoms with Crippen molar-refractivity contribution in [2.45, 2.75) is 18.6 Å². The lowest BCUT2D eigenvalue weighted by Crippen LogP contribution is -2.33. The fourth-order valence-electron chi connectivity index (χ4n) is 3.80. The van der Waals surface area contributed by atoms with E-state index >= 15 is 0 Å². The van der Waals surface area contributed by atoms with Crippen LogP contribution in [0.3, 0.4) is 0 Å². The summed E-state index contributed by atoms with van der Waals surface area (Å²) < 4.78 is 0. The van der Waals surface area contributed by atoms with Crippen LogP contribution < -0.4 is 0 Å². The monoisotopic (exact) mass is 153 g/mol. The van der Waals surface area contributed by atoms with Gasteiger partial charge >= 0.3 is 0 Å². The van der Waals surface area contributed by atoms with Crippen LogP contribution in [0.5, 0.6) is 0 Å². The van der Waals surface area contributed by atoms with E-state index in [0.717, 1.165) is 11.8 Å². The van der Waals surface area contributed by atoms with Gasteiger partial charge in [0.15, 0.2) is 0 Å². The Labute approximate surface area is 67.2 Å². The molecular weight excluding hydrogens is 138 g/mol. The minimum atomic E-state index is 0.0531. The van der Waals surface area contributed by atoms with Crippen LogP contribution in [0.1, 0.15) is 6.42 Å². The van der Waals surface area contributed by atoms with Crippen molar-refractivity contribution in [1.29, 1.82) is 0 Å². The fraction of sp³-hybridized carbons (Fsp3) is 1.00. The second kappa shape index (κ2) is 1.64. The molecule has 0 aliphatic heterocycles. The molecule has 4 aliphatic carbocycles. The van der Waals surface area contributed by atoms with Crippen molar-refractivity contribution in [2.75, 3.05) is 14.1 Å². The highest BCUT2D eigenvalue weighted by molar-refractivity contribution is 5.23.